The zero-order chi connectivity index (χ0) is 60.3. The number of fused-ring (bicyclic) bond motifs is 2. The van der Waals surface area contributed by atoms with E-state index in [1.54, 1.807) is 65.8 Å². The van der Waals surface area contributed by atoms with Crippen LogP contribution in [0.1, 0.15) is 110 Å². The van der Waals surface area contributed by atoms with E-state index in [0.717, 1.165) is 42.3 Å². The number of hydrogen-bond acceptors (Lipinski definition) is 12. The van der Waals surface area contributed by atoms with Crippen LogP contribution in [0.2, 0.25) is 10.0 Å². The number of benzene rings is 2. The number of allylic oxidation sites excluding steroid dienone is 1. The number of halogens is 5. The zero-order valence-electron chi connectivity index (χ0n) is 48.1. The van der Waals surface area contributed by atoms with Gasteiger partial charge in [0.15, 0.2) is 11.3 Å². The number of nitrogens with zero attached hydrogens (tertiary/aromatic N) is 11. The molecule has 0 spiro atoms. The van der Waals surface area contributed by atoms with Crippen LogP contribution in [-0.2, 0) is 9.59 Å². The van der Waals surface area contributed by atoms with Gasteiger partial charge in [-0.15, -0.1) is 0 Å². The minimum atomic E-state index is -0.538. The largest absolute Gasteiger partial charge is 0.355 e. The van der Waals surface area contributed by atoms with Crippen molar-refractivity contribution >= 4 is 79.7 Å². The highest BCUT2D eigenvalue weighted by Crippen LogP contribution is 2.39. The van der Waals surface area contributed by atoms with Crippen LogP contribution in [0.3, 0.4) is 0 Å². The molecule has 10 rings (SSSR count). The average Bonchev–Trinajstić information content (AvgIpc) is 0.979. The van der Waals surface area contributed by atoms with Gasteiger partial charge in [-0.3, -0.25) is 19.6 Å². The molecule has 8 heterocycles. The summed E-state index contributed by atoms with van der Waals surface area (Å²) in [7, 11) is 0. The highest BCUT2D eigenvalue weighted by atomic mass is 35.5. The fourth-order valence-corrected chi connectivity index (χ4v) is 11.2. The standard InChI is InChI=1S/C31H32ClFN6O2.C29H31ClFN5O.C3H3ClO.CH4/c1-7-25(40)37-15-20(6)38(16-19(37)5)29-22-14-23(32)27(21-10-8-9-11-24(21)33)35-30(22)39(31(41)36-29)28-18(4)12-13-34-26(28)17(2)3;1-16(2)24-26(18(4)12-13-32-24)36-28-21(14-22(30)25(33-28)20-8-6-7-9-23(20)31)27(34-29(36)37)35-15-17(3)10-11-19(35)5;1-2-3(4)5;/h7-14,17,19-20H,1,15-16H2,2-6H3;6-9,12-14,16-17,19H,10-11,15H2,1-5H3;2H,1H2;1H4/t19-,20+;17-,19-;;/m10../s1. The van der Waals surface area contributed by atoms with Crippen LogP contribution in [-0.4, -0.2) is 92.8 Å². The second kappa shape index (κ2) is 26.9. The summed E-state index contributed by atoms with van der Waals surface area (Å²) in [6, 6.07) is 19.7. The Kier molecular flexibility index (Phi) is 20.4. The number of carbonyl (C=O) groups excluding carboxylic acids is 2. The van der Waals surface area contributed by atoms with E-state index >= 15 is 0 Å². The van der Waals surface area contributed by atoms with Gasteiger partial charge in [-0.25, -0.2) is 37.5 Å². The molecular weight excluding hydrogens is 1130 g/mol. The Morgan fingerprint density at radius 1 is 0.619 bits per heavy atom. The minimum Gasteiger partial charge on any atom is -0.353 e. The van der Waals surface area contributed by atoms with Gasteiger partial charge in [-0.1, -0.05) is 103 Å². The smallest absolute Gasteiger partial charge is 0.353 e. The third-order valence-electron chi connectivity index (χ3n) is 15.0. The molecular formula is C64H70Cl3F2N11O4. The van der Waals surface area contributed by atoms with E-state index in [9.17, 15) is 28.0 Å². The molecule has 0 N–H and O–H groups in total. The van der Waals surface area contributed by atoms with Gasteiger partial charge >= 0.3 is 11.4 Å². The van der Waals surface area contributed by atoms with E-state index in [0.29, 0.717) is 74.8 Å². The maximum absolute atomic E-state index is 15.0. The molecule has 2 aliphatic rings. The number of piperazine rings is 1. The first-order valence-electron chi connectivity index (χ1n) is 27.4. The lowest BCUT2D eigenvalue weighted by Gasteiger charge is -2.44. The van der Waals surface area contributed by atoms with Crippen LogP contribution < -0.4 is 21.2 Å². The lowest BCUT2D eigenvalue weighted by Crippen LogP contribution is -2.58. The summed E-state index contributed by atoms with van der Waals surface area (Å²) in [5.74, 6) is 0.438. The predicted octanol–water partition coefficient (Wildman–Crippen LogP) is 13.9. The Labute approximate surface area is 503 Å². The van der Waals surface area contributed by atoms with Gasteiger partial charge in [0.1, 0.15) is 23.3 Å². The molecule has 8 aromatic rings. The topological polar surface area (TPSA) is 165 Å². The van der Waals surface area contributed by atoms with Crippen molar-refractivity contribution < 1.29 is 18.4 Å². The van der Waals surface area contributed by atoms with Crippen LogP contribution >= 0.6 is 34.8 Å². The van der Waals surface area contributed by atoms with Crippen LogP contribution in [0.4, 0.5) is 20.4 Å². The van der Waals surface area contributed by atoms with E-state index in [-0.39, 0.29) is 70.8 Å². The maximum atomic E-state index is 15.0. The summed E-state index contributed by atoms with van der Waals surface area (Å²) in [6.45, 7) is 28.5. The molecule has 1 amide bonds. The van der Waals surface area contributed by atoms with Crippen molar-refractivity contribution in [3.8, 4) is 33.9 Å². The van der Waals surface area contributed by atoms with Gasteiger partial charge in [0, 0.05) is 61.3 Å². The molecule has 440 valence electrons. The molecule has 15 nitrogen and oxygen atoms in total. The monoisotopic (exact) mass is 1200 g/mol. The van der Waals surface area contributed by atoms with Gasteiger partial charge in [-0.2, -0.15) is 9.97 Å². The van der Waals surface area contributed by atoms with Crippen molar-refractivity contribution in [2.24, 2.45) is 5.92 Å². The number of carbonyl (C=O) groups is 2. The fourth-order valence-electron chi connectivity index (χ4n) is 10.7. The number of pyridine rings is 4. The van der Waals surface area contributed by atoms with Crippen molar-refractivity contribution in [1.82, 2.24) is 43.9 Å². The summed E-state index contributed by atoms with van der Waals surface area (Å²) in [6.07, 6.45) is 7.93. The highest BCUT2D eigenvalue weighted by Gasteiger charge is 2.35. The normalized spacial score (nSPS) is 16.8. The zero-order valence-corrected chi connectivity index (χ0v) is 50.4. The summed E-state index contributed by atoms with van der Waals surface area (Å²) in [5.41, 5.74) is 5.13. The van der Waals surface area contributed by atoms with Crippen LogP contribution in [0.15, 0.2) is 120 Å². The number of amides is 1. The first kappa shape index (κ1) is 63.8. The van der Waals surface area contributed by atoms with Gasteiger partial charge in [-0.05, 0) is 149 Å². The molecule has 2 fully saturated rings. The van der Waals surface area contributed by atoms with E-state index in [4.69, 9.17) is 44.8 Å². The van der Waals surface area contributed by atoms with Gasteiger partial charge in [0.2, 0.25) is 11.1 Å². The second-order valence-corrected chi connectivity index (χ2v) is 22.9. The Morgan fingerprint density at radius 3 is 1.45 bits per heavy atom. The van der Waals surface area contributed by atoms with Crippen LogP contribution in [0, 0.1) is 31.4 Å². The Bertz CT molecular complexity index is 3950. The Hall–Kier alpha value is -7.73. The molecule has 0 unspecified atom stereocenters. The van der Waals surface area contributed by atoms with E-state index in [1.807, 2.05) is 72.4 Å². The lowest BCUT2D eigenvalue weighted by atomic mass is 9.95. The van der Waals surface area contributed by atoms with E-state index < -0.39 is 28.3 Å². The number of aryl methyl sites for hydroxylation is 2. The van der Waals surface area contributed by atoms with Crippen LogP contribution in [0.5, 0.6) is 0 Å². The third kappa shape index (κ3) is 13.0. The van der Waals surface area contributed by atoms with Gasteiger partial charge in [0.25, 0.3) is 0 Å². The average molecular weight is 1200 g/mol. The molecule has 0 aliphatic carbocycles. The minimum absolute atomic E-state index is 0. The molecule has 2 aliphatic heterocycles. The van der Waals surface area contributed by atoms with Crippen LogP contribution in [0.25, 0.3) is 56.0 Å². The summed E-state index contributed by atoms with van der Waals surface area (Å²) < 4.78 is 32.8. The molecule has 2 aromatic carbocycles. The predicted molar refractivity (Wildman–Crippen MR) is 335 cm³/mol. The van der Waals surface area contributed by atoms with Crippen molar-refractivity contribution in [1.29, 1.82) is 0 Å². The van der Waals surface area contributed by atoms with E-state index in [1.165, 1.54) is 27.3 Å². The fraction of sp³-hybridized carbons (Fsp3) is 0.344. The number of anilines is 2. The molecule has 84 heavy (non-hydrogen) atoms. The number of rotatable bonds is 10. The second-order valence-electron chi connectivity index (χ2n) is 21.7. The molecule has 0 saturated carbocycles. The summed E-state index contributed by atoms with van der Waals surface area (Å²) in [4.78, 5) is 83.9. The van der Waals surface area contributed by atoms with Crippen molar-refractivity contribution in [2.45, 2.75) is 119 Å². The molecule has 6 aromatic heterocycles. The molecule has 2 saturated heterocycles. The Morgan fingerprint density at radius 2 is 1.05 bits per heavy atom. The third-order valence-corrected chi connectivity index (χ3v) is 15.7. The number of hydrogen-bond donors (Lipinski definition) is 0. The highest BCUT2D eigenvalue weighted by molar-refractivity contribution is 6.66. The van der Waals surface area contributed by atoms with Crippen molar-refractivity contribution in [3.05, 3.63) is 176 Å². The molecule has 0 radical (unpaired) electrons. The molecule has 4 atom stereocenters. The summed E-state index contributed by atoms with van der Waals surface area (Å²) in [5, 5.41) is 1.21. The SMILES string of the molecule is C.C=CC(=O)Cl.C=CC(=O)N1C[C@H](C)N(c2nc(=O)n(-c3c(C)ccnc3C(C)C)c3nc(-c4ccccc4F)c(Cl)cc23)C[C@H]1C.Cc1ccnc(C(C)C)c1-n1c(=O)nc(N2C[C@@H](C)CC[C@@H]2C)c2cc(Cl)c(-c3ccccc3F)nc21. The molecule has 0 bridgehead atoms. The first-order chi connectivity index (χ1) is 39.5. The Balaban J connectivity index is 0.000000222. The molecule has 20 heteroatoms. The number of piperidine rings is 1. The van der Waals surface area contributed by atoms with Gasteiger partial charge < -0.3 is 14.7 Å². The van der Waals surface area contributed by atoms with Gasteiger partial charge in [0.05, 0.1) is 55.0 Å². The van der Waals surface area contributed by atoms with Crippen molar-refractivity contribution in [2.75, 3.05) is 29.4 Å². The quantitative estimate of drug-likeness (QED) is 0.0941. The van der Waals surface area contributed by atoms with Crippen molar-refractivity contribution in [3.63, 3.8) is 0 Å². The number of aromatic nitrogens is 8. The van der Waals surface area contributed by atoms with E-state index in [2.05, 4.69) is 51.8 Å². The summed E-state index contributed by atoms with van der Waals surface area (Å²) >= 11 is 18.2. The maximum Gasteiger partial charge on any atom is 0.355 e. The first-order valence-corrected chi connectivity index (χ1v) is 28.6. The lowest BCUT2D eigenvalue weighted by molar-refractivity contribution is -0.128.